The molecule has 0 saturated heterocycles. The summed E-state index contributed by atoms with van der Waals surface area (Å²) in [5.74, 6) is 5.95. The van der Waals surface area contributed by atoms with Gasteiger partial charge in [-0.2, -0.15) is 0 Å². The lowest BCUT2D eigenvalue weighted by molar-refractivity contribution is 0.300. The predicted octanol–water partition coefficient (Wildman–Crippen LogP) is 1.56. The van der Waals surface area contributed by atoms with Crippen molar-refractivity contribution in [3.63, 3.8) is 0 Å². The Morgan fingerprint density at radius 1 is 1.50 bits per heavy atom. The highest BCUT2D eigenvalue weighted by Crippen LogP contribution is 2.20. The maximum absolute atomic E-state index is 5.49. The van der Waals surface area contributed by atoms with Gasteiger partial charge in [0.05, 0.1) is 6.20 Å². The number of rotatable bonds is 4. The van der Waals surface area contributed by atoms with Gasteiger partial charge in [0.2, 0.25) is 0 Å². The summed E-state index contributed by atoms with van der Waals surface area (Å²) in [4.78, 5) is 3.98. The number of halogens is 1. The summed E-state index contributed by atoms with van der Waals surface area (Å²) < 4.78 is 10.1. The Morgan fingerprint density at radius 3 is 3.12 bits per heavy atom. The number of nitrogens with zero attached hydrogens (tertiary/aromatic N) is 3. The average Bonchev–Trinajstić information content (AvgIpc) is 2.74. The molecule has 2 heterocycles. The van der Waals surface area contributed by atoms with Gasteiger partial charge in [0.25, 0.3) is 0 Å². The first-order valence-electron chi connectivity index (χ1n) is 4.31. The van der Waals surface area contributed by atoms with Crippen molar-refractivity contribution in [1.82, 2.24) is 14.6 Å². The molecule has 0 fully saturated rings. The van der Waals surface area contributed by atoms with Gasteiger partial charge < -0.3 is 10.2 Å². The molecule has 0 aliphatic carbocycles. The van der Waals surface area contributed by atoms with E-state index in [1.807, 2.05) is 6.07 Å². The molecule has 0 amide bonds. The van der Waals surface area contributed by atoms with Gasteiger partial charge in [-0.15, -0.1) is 5.10 Å². The number of anilines is 1. The number of nitrogens with two attached hydrogens (primary N) is 1. The van der Waals surface area contributed by atoms with E-state index in [0.29, 0.717) is 23.1 Å². The van der Waals surface area contributed by atoms with Crippen molar-refractivity contribution < 1.29 is 4.74 Å². The summed E-state index contributed by atoms with van der Waals surface area (Å²) in [5, 5.41) is 4.59. The Kier molecular flexibility index (Phi) is 3.65. The van der Waals surface area contributed by atoms with Gasteiger partial charge in [-0.05, 0) is 22.0 Å². The van der Waals surface area contributed by atoms with Crippen LogP contribution in [0.5, 0.6) is 5.75 Å². The van der Waals surface area contributed by atoms with E-state index in [1.54, 1.807) is 12.4 Å². The van der Waals surface area contributed by atoms with E-state index in [-0.39, 0.29) is 0 Å². The van der Waals surface area contributed by atoms with Gasteiger partial charge in [0.15, 0.2) is 5.00 Å². The van der Waals surface area contributed by atoms with Crippen molar-refractivity contribution in [1.29, 1.82) is 0 Å². The molecule has 0 aliphatic heterocycles. The SMILES string of the molecule is NNc1snnc1COc1cncc(Br)c1. The number of aromatic nitrogens is 3. The maximum Gasteiger partial charge on any atom is 0.150 e. The molecular weight excluding hydrogens is 294 g/mol. The fourth-order valence-electron chi connectivity index (χ4n) is 1.04. The van der Waals surface area contributed by atoms with Gasteiger partial charge in [0, 0.05) is 22.2 Å². The largest absolute Gasteiger partial charge is 0.485 e. The number of pyridine rings is 1. The molecule has 2 aromatic heterocycles. The molecule has 0 aromatic carbocycles. The minimum Gasteiger partial charge on any atom is -0.485 e. The lowest BCUT2D eigenvalue weighted by Crippen LogP contribution is -2.08. The monoisotopic (exact) mass is 301 g/mol. The second-order valence-corrected chi connectivity index (χ2v) is 4.49. The first-order chi connectivity index (χ1) is 7.79. The molecular formula is C8H8BrN5OS. The van der Waals surface area contributed by atoms with Gasteiger partial charge in [-0.3, -0.25) is 4.98 Å². The van der Waals surface area contributed by atoms with Crippen LogP contribution >= 0.6 is 27.5 Å². The van der Waals surface area contributed by atoms with Crippen LogP contribution in [0.4, 0.5) is 5.00 Å². The number of hydrogen-bond donors (Lipinski definition) is 2. The molecule has 84 valence electrons. The van der Waals surface area contributed by atoms with Crippen LogP contribution in [-0.2, 0) is 6.61 Å². The summed E-state index contributed by atoms with van der Waals surface area (Å²) in [7, 11) is 0. The summed E-state index contributed by atoms with van der Waals surface area (Å²) >= 11 is 4.49. The van der Waals surface area contributed by atoms with E-state index in [0.717, 1.165) is 4.47 Å². The highest BCUT2D eigenvalue weighted by Gasteiger charge is 2.07. The smallest absolute Gasteiger partial charge is 0.150 e. The van der Waals surface area contributed by atoms with Crippen molar-refractivity contribution in [2.75, 3.05) is 5.43 Å². The molecule has 8 heteroatoms. The zero-order valence-corrected chi connectivity index (χ0v) is 10.5. The normalized spacial score (nSPS) is 10.1. The van der Waals surface area contributed by atoms with Crippen LogP contribution in [0, 0.1) is 0 Å². The molecule has 0 aliphatic rings. The zero-order chi connectivity index (χ0) is 11.4. The number of hydrogen-bond acceptors (Lipinski definition) is 7. The molecule has 0 radical (unpaired) electrons. The molecule has 0 bridgehead atoms. The highest BCUT2D eigenvalue weighted by atomic mass is 79.9. The molecule has 16 heavy (non-hydrogen) atoms. The minimum absolute atomic E-state index is 0.300. The third-order valence-corrected chi connectivity index (χ3v) is 2.88. The van der Waals surface area contributed by atoms with Crippen LogP contribution in [0.15, 0.2) is 22.9 Å². The van der Waals surface area contributed by atoms with E-state index in [9.17, 15) is 0 Å². The van der Waals surface area contributed by atoms with Crippen molar-refractivity contribution in [3.8, 4) is 5.75 Å². The van der Waals surface area contributed by atoms with Gasteiger partial charge in [0.1, 0.15) is 18.1 Å². The predicted molar refractivity (Wildman–Crippen MR) is 64.0 cm³/mol. The number of ether oxygens (including phenoxy) is 1. The van der Waals surface area contributed by atoms with Crippen LogP contribution in [0.25, 0.3) is 0 Å². The van der Waals surface area contributed by atoms with Crippen LogP contribution < -0.4 is 16.0 Å². The van der Waals surface area contributed by atoms with Crippen molar-refractivity contribution >= 4 is 32.5 Å². The van der Waals surface area contributed by atoms with E-state index < -0.39 is 0 Å². The quantitative estimate of drug-likeness (QED) is 0.658. The van der Waals surface area contributed by atoms with Crippen LogP contribution in [0.1, 0.15) is 5.69 Å². The summed E-state index contributed by atoms with van der Waals surface area (Å²) in [6, 6.07) is 1.82. The Labute approximate surface area is 104 Å². The minimum atomic E-state index is 0.300. The lowest BCUT2D eigenvalue weighted by Gasteiger charge is -2.04. The fraction of sp³-hybridized carbons (Fsp3) is 0.125. The third-order valence-electron chi connectivity index (χ3n) is 1.74. The third kappa shape index (κ3) is 2.65. The molecule has 0 atom stereocenters. The second-order valence-electron chi connectivity index (χ2n) is 2.82. The van der Waals surface area contributed by atoms with Crippen LogP contribution in [0.3, 0.4) is 0 Å². The first kappa shape index (κ1) is 11.2. The summed E-state index contributed by atoms with van der Waals surface area (Å²) in [6.07, 6.45) is 3.31. The molecule has 0 saturated carbocycles. The average molecular weight is 302 g/mol. The molecule has 2 rings (SSSR count). The van der Waals surface area contributed by atoms with Gasteiger partial charge in [-0.25, -0.2) is 5.84 Å². The Balaban J connectivity index is 2.02. The zero-order valence-electron chi connectivity index (χ0n) is 8.05. The van der Waals surface area contributed by atoms with Crippen molar-refractivity contribution in [3.05, 3.63) is 28.6 Å². The first-order valence-corrected chi connectivity index (χ1v) is 5.87. The maximum atomic E-state index is 5.49. The van der Waals surface area contributed by atoms with Crippen molar-refractivity contribution in [2.24, 2.45) is 5.84 Å². The number of nitrogen functional groups attached to an aromatic ring is 1. The topological polar surface area (TPSA) is 86.0 Å². The van der Waals surface area contributed by atoms with E-state index >= 15 is 0 Å². The van der Waals surface area contributed by atoms with E-state index in [2.05, 4.69) is 35.9 Å². The Hall–Kier alpha value is -1.25. The number of nitrogens with one attached hydrogen (secondary N) is 1. The van der Waals surface area contributed by atoms with E-state index in [1.165, 1.54) is 11.5 Å². The standard InChI is InChI=1S/C8H8BrN5OS/c9-5-1-6(3-11-2-5)15-4-7-8(12-10)16-14-13-7/h1-3,12H,4,10H2. The van der Waals surface area contributed by atoms with Crippen molar-refractivity contribution in [2.45, 2.75) is 6.61 Å². The molecule has 6 nitrogen and oxygen atoms in total. The second kappa shape index (κ2) is 5.19. The van der Waals surface area contributed by atoms with Gasteiger partial charge in [-0.1, -0.05) is 4.49 Å². The van der Waals surface area contributed by atoms with E-state index in [4.69, 9.17) is 10.6 Å². The molecule has 2 aromatic rings. The Morgan fingerprint density at radius 2 is 2.38 bits per heavy atom. The Bertz CT molecular complexity index is 477. The van der Waals surface area contributed by atoms with Gasteiger partial charge >= 0.3 is 0 Å². The lowest BCUT2D eigenvalue weighted by atomic mass is 10.4. The van der Waals surface area contributed by atoms with Crippen LogP contribution in [0.2, 0.25) is 0 Å². The summed E-state index contributed by atoms with van der Waals surface area (Å²) in [6.45, 7) is 0.300. The molecule has 0 spiro atoms. The highest BCUT2D eigenvalue weighted by molar-refractivity contribution is 9.10. The summed E-state index contributed by atoms with van der Waals surface area (Å²) in [5.41, 5.74) is 3.19. The molecule has 3 N–H and O–H groups in total. The number of hydrazine groups is 1. The fourth-order valence-corrected chi connectivity index (χ4v) is 1.86. The molecule has 0 unspecified atom stereocenters. The van der Waals surface area contributed by atoms with Crippen LogP contribution in [-0.4, -0.2) is 14.6 Å².